The summed E-state index contributed by atoms with van der Waals surface area (Å²) in [4.78, 5) is 42.7. The number of amides is 3. The number of rotatable bonds is 5. The monoisotopic (exact) mass is 477 g/mol. The molecule has 1 saturated heterocycles. The molecule has 3 aliphatic rings. The van der Waals surface area contributed by atoms with Crippen molar-refractivity contribution in [3.63, 3.8) is 0 Å². The average molecular weight is 478 g/mol. The fourth-order valence-electron chi connectivity index (χ4n) is 5.57. The van der Waals surface area contributed by atoms with Gasteiger partial charge in [0.2, 0.25) is 5.91 Å². The Morgan fingerprint density at radius 3 is 2.40 bits per heavy atom. The number of piperidine rings is 1. The third kappa shape index (κ3) is 5.41. The highest BCUT2D eigenvalue weighted by molar-refractivity contribution is 5.98. The molecule has 0 radical (unpaired) electrons. The molecule has 35 heavy (non-hydrogen) atoms. The molecular formula is C27H35N5O3. The highest BCUT2D eigenvalue weighted by Gasteiger charge is 2.32. The molecule has 1 aromatic carbocycles. The lowest BCUT2D eigenvalue weighted by molar-refractivity contribution is -0.127. The Labute approximate surface area is 206 Å². The fraction of sp³-hybridized carbons (Fsp3) is 0.556. The number of hydrogen-bond acceptors (Lipinski definition) is 4. The molecule has 2 aliphatic heterocycles. The van der Waals surface area contributed by atoms with Crippen LogP contribution in [0.25, 0.3) is 0 Å². The van der Waals surface area contributed by atoms with E-state index in [1.165, 1.54) is 19.3 Å². The van der Waals surface area contributed by atoms with Crippen molar-refractivity contribution in [2.45, 2.75) is 70.5 Å². The van der Waals surface area contributed by atoms with Crippen LogP contribution in [0.1, 0.15) is 77.9 Å². The zero-order valence-electron chi connectivity index (χ0n) is 20.3. The van der Waals surface area contributed by atoms with E-state index in [0.717, 1.165) is 24.8 Å². The predicted octanol–water partition coefficient (Wildman–Crippen LogP) is 3.23. The minimum Gasteiger partial charge on any atom is -0.353 e. The quantitative estimate of drug-likeness (QED) is 0.716. The number of nitrogens with one attached hydrogen (secondary N) is 1. The van der Waals surface area contributed by atoms with Gasteiger partial charge >= 0.3 is 0 Å². The second-order valence-electron chi connectivity index (χ2n) is 10.1. The number of nitrogens with zero attached hydrogens (tertiary/aromatic N) is 4. The summed E-state index contributed by atoms with van der Waals surface area (Å²) in [5, 5.41) is 7.74. The van der Waals surface area contributed by atoms with Crippen LogP contribution in [0.2, 0.25) is 0 Å². The predicted molar refractivity (Wildman–Crippen MR) is 132 cm³/mol. The molecule has 1 saturated carbocycles. The minimum absolute atomic E-state index is 0.0344. The van der Waals surface area contributed by atoms with Gasteiger partial charge in [0, 0.05) is 50.7 Å². The Kier molecular flexibility index (Phi) is 7.16. The van der Waals surface area contributed by atoms with Crippen molar-refractivity contribution in [2.75, 3.05) is 19.6 Å². The van der Waals surface area contributed by atoms with E-state index in [-0.39, 0.29) is 23.6 Å². The van der Waals surface area contributed by atoms with E-state index in [9.17, 15) is 14.4 Å². The Bertz CT molecular complexity index is 1050. The van der Waals surface area contributed by atoms with Crippen LogP contribution in [0.3, 0.4) is 0 Å². The number of carbonyl (C=O) groups excluding carboxylic acids is 3. The molecule has 0 atom stereocenters. The van der Waals surface area contributed by atoms with Crippen LogP contribution in [-0.4, -0.2) is 63.0 Å². The van der Waals surface area contributed by atoms with E-state index < -0.39 is 0 Å². The van der Waals surface area contributed by atoms with Crippen LogP contribution < -0.4 is 5.32 Å². The SMILES string of the molecule is O=C(NC1CCCCC1)C1CCN(C(=O)c2cc3n(n2)CCCN(Cc2ccccc2)C3=O)CC1. The molecule has 3 heterocycles. The fourth-order valence-corrected chi connectivity index (χ4v) is 5.57. The summed E-state index contributed by atoms with van der Waals surface area (Å²) < 4.78 is 1.69. The Hall–Kier alpha value is -3.16. The van der Waals surface area contributed by atoms with Crippen LogP contribution in [0, 0.1) is 5.92 Å². The highest BCUT2D eigenvalue weighted by atomic mass is 16.2. The van der Waals surface area contributed by atoms with Gasteiger partial charge in [0.1, 0.15) is 5.69 Å². The van der Waals surface area contributed by atoms with Crippen LogP contribution in [0.4, 0.5) is 0 Å². The summed E-state index contributed by atoms with van der Waals surface area (Å²) in [7, 11) is 0. The summed E-state index contributed by atoms with van der Waals surface area (Å²) in [5.74, 6) is -0.135. The first-order valence-electron chi connectivity index (χ1n) is 13.1. The van der Waals surface area contributed by atoms with Crippen LogP contribution in [-0.2, 0) is 17.9 Å². The number of fused-ring (bicyclic) bond motifs is 1. The summed E-state index contributed by atoms with van der Waals surface area (Å²) in [6.07, 6.45) is 7.94. The maximum Gasteiger partial charge on any atom is 0.274 e. The molecule has 2 fully saturated rings. The van der Waals surface area contributed by atoms with Gasteiger partial charge in [0.15, 0.2) is 5.69 Å². The molecular weight excluding hydrogens is 442 g/mol. The topological polar surface area (TPSA) is 87.5 Å². The molecule has 5 rings (SSSR count). The van der Waals surface area contributed by atoms with Crippen molar-refractivity contribution in [2.24, 2.45) is 5.92 Å². The molecule has 2 aromatic rings. The molecule has 3 amide bonds. The maximum absolute atomic E-state index is 13.2. The van der Waals surface area contributed by atoms with Crippen molar-refractivity contribution in [3.8, 4) is 0 Å². The van der Waals surface area contributed by atoms with Gasteiger partial charge in [0.25, 0.3) is 11.8 Å². The number of hydrogen-bond donors (Lipinski definition) is 1. The first-order valence-corrected chi connectivity index (χ1v) is 13.1. The normalized spacial score (nSPS) is 19.8. The van der Waals surface area contributed by atoms with Crippen molar-refractivity contribution in [1.29, 1.82) is 0 Å². The molecule has 8 heteroatoms. The van der Waals surface area contributed by atoms with Gasteiger partial charge in [-0.3, -0.25) is 19.1 Å². The second-order valence-corrected chi connectivity index (χ2v) is 10.1. The lowest BCUT2D eigenvalue weighted by Gasteiger charge is -2.32. The lowest BCUT2D eigenvalue weighted by Crippen LogP contribution is -2.45. The smallest absolute Gasteiger partial charge is 0.274 e. The minimum atomic E-state index is -0.154. The van der Waals surface area contributed by atoms with Gasteiger partial charge in [-0.15, -0.1) is 0 Å². The molecule has 8 nitrogen and oxygen atoms in total. The van der Waals surface area contributed by atoms with Gasteiger partial charge in [-0.2, -0.15) is 5.10 Å². The average Bonchev–Trinajstić information content (AvgIpc) is 3.27. The van der Waals surface area contributed by atoms with Gasteiger partial charge in [0.05, 0.1) is 0 Å². The Morgan fingerprint density at radius 2 is 1.66 bits per heavy atom. The number of aryl methyl sites for hydroxylation is 1. The van der Waals surface area contributed by atoms with Crippen molar-refractivity contribution in [1.82, 2.24) is 24.9 Å². The molecule has 0 spiro atoms. The van der Waals surface area contributed by atoms with Gasteiger partial charge in [-0.05, 0) is 37.7 Å². The zero-order valence-corrected chi connectivity index (χ0v) is 20.3. The second kappa shape index (κ2) is 10.6. The maximum atomic E-state index is 13.2. The Balaban J connectivity index is 1.19. The van der Waals surface area contributed by atoms with E-state index >= 15 is 0 Å². The molecule has 0 bridgehead atoms. The highest BCUT2D eigenvalue weighted by Crippen LogP contribution is 2.23. The lowest BCUT2D eigenvalue weighted by atomic mass is 9.92. The van der Waals surface area contributed by atoms with Crippen LogP contribution >= 0.6 is 0 Å². The van der Waals surface area contributed by atoms with Crippen molar-refractivity contribution in [3.05, 3.63) is 53.3 Å². The zero-order chi connectivity index (χ0) is 24.2. The standard InChI is InChI=1S/C27H35N5O3/c33-25(28-22-10-5-2-6-11-22)21-12-16-30(17-13-21)26(34)23-18-24-27(35)31(14-7-15-32(24)29-23)19-20-8-3-1-4-9-20/h1,3-4,8-9,18,21-22H,2,5-7,10-17,19H2,(H,28,33). The van der Waals surface area contributed by atoms with E-state index in [1.807, 2.05) is 35.2 Å². The Morgan fingerprint density at radius 1 is 0.914 bits per heavy atom. The summed E-state index contributed by atoms with van der Waals surface area (Å²) >= 11 is 0. The van der Waals surface area contributed by atoms with E-state index in [2.05, 4.69) is 10.4 Å². The molecule has 1 N–H and O–H groups in total. The van der Waals surface area contributed by atoms with Crippen LogP contribution in [0.15, 0.2) is 36.4 Å². The van der Waals surface area contributed by atoms with E-state index in [1.54, 1.807) is 15.6 Å². The van der Waals surface area contributed by atoms with E-state index in [4.69, 9.17) is 0 Å². The molecule has 1 aliphatic carbocycles. The van der Waals surface area contributed by atoms with Crippen molar-refractivity contribution >= 4 is 17.7 Å². The molecule has 0 unspecified atom stereocenters. The van der Waals surface area contributed by atoms with Gasteiger partial charge in [-0.25, -0.2) is 0 Å². The number of carbonyl (C=O) groups is 3. The first-order chi connectivity index (χ1) is 17.1. The van der Waals surface area contributed by atoms with Gasteiger partial charge in [-0.1, -0.05) is 49.6 Å². The molecule has 186 valence electrons. The largest absolute Gasteiger partial charge is 0.353 e. The number of benzene rings is 1. The van der Waals surface area contributed by atoms with Crippen LogP contribution in [0.5, 0.6) is 0 Å². The van der Waals surface area contributed by atoms with Crippen molar-refractivity contribution < 1.29 is 14.4 Å². The summed E-state index contributed by atoms with van der Waals surface area (Å²) in [6, 6.07) is 11.9. The van der Waals surface area contributed by atoms with E-state index in [0.29, 0.717) is 63.0 Å². The summed E-state index contributed by atoms with van der Waals surface area (Å²) in [6.45, 7) is 2.90. The third-order valence-electron chi connectivity index (χ3n) is 7.62. The third-order valence-corrected chi connectivity index (χ3v) is 7.62. The van der Waals surface area contributed by atoms with Gasteiger partial charge < -0.3 is 15.1 Å². The molecule has 1 aromatic heterocycles. The number of aromatic nitrogens is 2. The summed E-state index contributed by atoms with van der Waals surface area (Å²) in [5.41, 5.74) is 1.88. The first kappa shape index (κ1) is 23.6. The number of likely N-dealkylation sites (tertiary alicyclic amines) is 1.